The van der Waals surface area contributed by atoms with Gasteiger partial charge in [-0.15, -0.1) is 11.3 Å². The largest absolute Gasteiger partial charge is 0.361 e. The Hall–Kier alpha value is -3.07. The monoisotopic (exact) mass is 448 g/mol. The molecule has 0 saturated heterocycles. The number of nitrogens with one attached hydrogen (secondary N) is 3. The smallest absolute Gasteiger partial charge is 0.163 e. The van der Waals surface area contributed by atoms with Gasteiger partial charge < -0.3 is 20.5 Å². The third-order valence-corrected chi connectivity index (χ3v) is 6.15. The second-order valence-electron chi connectivity index (χ2n) is 7.64. The first-order chi connectivity index (χ1) is 15.6. The van der Waals surface area contributed by atoms with Gasteiger partial charge in [0.2, 0.25) is 0 Å². The van der Waals surface area contributed by atoms with Gasteiger partial charge in [0.1, 0.15) is 11.6 Å². The predicted octanol–water partition coefficient (Wildman–Crippen LogP) is 4.84. The van der Waals surface area contributed by atoms with Crippen molar-refractivity contribution in [2.75, 3.05) is 25.5 Å². The van der Waals surface area contributed by atoms with Crippen LogP contribution in [0.25, 0.3) is 22.6 Å². The molecule has 0 aliphatic carbocycles. The molecule has 0 fully saturated rings. The van der Waals surface area contributed by atoms with Crippen LogP contribution >= 0.6 is 11.3 Å². The Labute approximate surface area is 192 Å². The van der Waals surface area contributed by atoms with E-state index in [1.165, 1.54) is 4.88 Å². The summed E-state index contributed by atoms with van der Waals surface area (Å²) in [5.41, 5.74) is 5.52. The van der Waals surface area contributed by atoms with Crippen molar-refractivity contribution in [3.05, 3.63) is 63.7 Å². The fraction of sp³-hybridized carbons (Fsp3) is 0.292. The van der Waals surface area contributed by atoms with Crippen LogP contribution < -0.4 is 16.0 Å². The maximum Gasteiger partial charge on any atom is 0.163 e. The number of hydrogen-bond acceptors (Lipinski definition) is 8. The lowest BCUT2D eigenvalue weighted by Gasteiger charge is -2.14. The van der Waals surface area contributed by atoms with Gasteiger partial charge >= 0.3 is 0 Å². The van der Waals surface area contributed by atoms with Gasteiger partial charge in [-0.1, -0.05) is 23.4 Å². The van der Waals surface area contributed by atoms with Crippen LogP contribution in [0.3, 0.4) is 0 Å². The average molecular weight is 449 g/mol. The van der Waals surface area contributed by atoms with Crippen molar-refractivity contribution in [1.29, 1.82) is 0 Å². The highest BCUT2D eigenvalue weighted by Crippen LogP contribution is 2.34. The second-order valence-corrected chi connectivity index (χ2v) is 8.64. The van der Waals surface area contributed by atoms with Crippen molar-refractivity contribution in [3.8, 4) is 22.6 Å². The summed E-state index contributed by atoms with van der Waals surface area (Å²) in [4.78, 5) is 11.1. The summed E-state index contributed by atoms with van der Waals surface area (Å²) in [5, 5.41) is 16.3. The fourth-order valence-corrected chi connectivity index (χ4v) is 4.34. The quantitative estimate of drug-likeness (QED) is 0.316. The Bertz CT molecular complexity index is 1170. The van der Waals surface area contributed by atoms with Gasteiger partial charge in [-0.25, -0.2) is 9.97 Å². The summed E-state index contributed by atoms with van der Waals surface area (Å²) in [5.74, 6) is 2.21. The molecule has 7 nitrogen and oxygen atoms in total. The molecule has 0 atom stereocenters. The van der Waals surface area contributed by atoms with Gasteiger partial charge in [0.15, 0.2) is 5.82 Å². The van der Waals surface area contributed by atoms with Crippen LogP contribution in [0, 0.1) is 20.8 Å². The van der Waals surface area contributed by atoms with Gasteiger partial charge in [-0.05, 0) is 46.0 Å². The highest BCUT2D eigenvalue weighted by atomic mass is 32.1. The molecular weight excluding hydrogens is 420 g/mol. The Morgan fingerprint density at radius 3 is 2.56 bits per heavy atom. The van der Waals surface area contributed by atoms with Crippen LogP contribution in [-0.2, 0) is 6.54 Å². The number of benzene rings is 1. The van der Waals surface area contributed by atoms with Crippen LogP contribution in [0.4, 0.5) is 11.5 Å². The average Bonchev–Trinajstić information content (AvgIpc) is 3.40. The summed E-state index contributed by atoms with van der Waals surface area (Å²) in [6.07, 6.45) is 0. The summed E-state index contributed by atoms with van der Waals surface area (Å²) >= 11 is 1.71. The number of hydrogen-bond donors (Lipinski definition) is 3. The molecule has 1 aromatic carbocycles. The maximum atomic E-state index is 5.43. The normalized spacial score (nSPS) is 11.1. The summed E-state index contributed by atoms with van der Waals surface area (Å²) < 4.78 is 5.43. The van der Waals surface area contributed by atoms with E-state index in [1.807, 2.05) is 58.2 Å². The van der Waals surface area contributed by atoms with Crippen LogP contribution in [0.15, 0.2) is 46.3 Å². The van der Waals surface area contributed by atoms with Crippen LogP contribution in [-0.4, -0.2) is 35.3 Å². The van der Waals surface area contributed by atoms with Gasteiger partial charge in [-0.2, -0.15) is 0 Å². The lowest BCUT2D eigenvalue weighted by Crippen LogP contribution is -2.24. The maximum absolute atomic E-state index is 5.43. The number of anilines is 2. The summed E-state index contributed by atoms with van der Waals surface area (Å²) in [6.45, 7) is 8.57. The first-order valence-corrected chi connectivity index (χ1v) is 11.5. The van der Waals surface area contributed by atoms with E-state index >= 15 is 0 Å². The van der Waals surface area contributed by atoms with Crippen molar-refractivity contribution in [2.24, 2.45) is 0 Å². The molecule has 4 rings (SSSR count). The standard InChI is InChI=1S/C24H28N6OS/c1-15-22(21-16(2)30-31-17(21)3)28-24(29-23(15)27-19-8-6-5-7-9-19)18-12-20(32-14-18)13-26-11-10-25-4/h5-9,12,14,25-26H,10-11,13H2,1-4H3,(H,27,28,29). The molecule has 0 spiro atoms. The van der Waals surface area contributed by atoms with E-state index in [9.17, 15) is 0 Å². The molecule has 0 unspecified atom stereocenters. The topological polar surface area (TPSA) is 87.9 Å². The number of rotatable bonds is 9. The van der Waals surface area contributed by atoms with E-state index in [1.54, 1.807) is 11.3 Å². The molecule has 0 saturated carbocycles. The van der Waals surface area contributed by atoms with Crippen molar-refractivity contribution < 1.29 is 4.52 Å². The molecule has 0 bridgehead atoms. The first-order valence-electron chi connectivity index (χ1n) is 10.6. The number of thiophene rings is 1. The van der Waals surface area contributed by atoms with Crippen molar-refractivity contribution >= 4 is 22.8 Å². The SMILES string of the molecule is CNCCNCc1cc(-c2nc(Nc3ccccc3)c(C)c(-c3c(C)noc3C)n2)cs1. The molecule has 0 amide bonds. The van der Waals surface area contributed by atoms with Crippen molar-refractivity contribution in [2.45, 2.75) is 27.3 Å². The third-order valence-electron chi connectivity index (χ3n) is 5.22. The lowest BCUT2D eigenvalue weighted by molar-refractivity contribution is 0.393. The summed E-state index contributed by atoms with van der Waals surface area (Å²) in [7, 11) is 1.96. The number of aromatic nitrogens is 3. The zero-order chi connectivity index (χ0) is 22.5. The lowest BCUT2D eigenvalue weighted by atomic mass is 10.1. The zero-order valence-corrected chi connectivity index (χ0v) is 19.6. The van der Waals surface area contributed by atoms with Crippen LogP contribution in [0.5, 0.6) is 0 Å². The zero-order valence-electron chi connectivity index (χ0n) is 18.8. The minimum absolute atomic E-state index is 0.682. The van der Waals surface area contributed by atoms with Gasteiger partial charge in [-0.3, -0.25) is 0 Å². The van der Waals surface area contributed by atoms with Gasteiger partial charge in [0.25, 0.3) is 0 Å². The van der Waals surface area contributed by atoms with Gasteiger partial charge in [0, 0.05) is 46.7 Å². The number of nitrogens with zero attached hydrogens (tertiary/aromatic N) is 3. The molecule has 166 valence electrons. The Morgan fingerprint density at radius 2 is 1.84 bits per heavy atom. The highest BCUT2D eigenvalue weighted by molar-refractivity contribution is 7.10. The van der Waals surface area contributed by atoms with E-state index in [0.717, 1.165) is 65.0 Å². The van der Waals surface area contributed by atoms with E-state index < -0.39 is 0 Å². The predicted molar refractivity (Wildman–Crippen MR) is 130 cm³/mol. The molecule has 3 heterocycles. The van der Waals surface area contributed by atoms with E-state index in [4.69, 9.17) is 14.5 Å². The minimum atomic E-state index is 0.682. The van der Waals surface area contributed by atoms with Crippen molar-refractivity contribution in [3.63, 3.8) is 0 Å². The van der Waals surface area contributed by atoms with Crippen molar-refractivity contribution in [1.82, 2.24) is 25.8 Å². The molecule has 0 aliphatic rings. The van der Waals surface area contributed by atoms with E-state index in [-0.39, 0.29) is 0 Å². The fourth-order valence-electron chi connectivity index (χ4n) is 3.51. The molecular formula is C24H28N6OS. The molecule has 0 aliphatic heterocycles. The van der Waals surface area contributed by atoms with Crippen LogP contribution in [0.1, 0.15) is 21.9 Å². The van der Waals surface area contributed by atoms with E-state index in [0.29, 0.717) is 5.82 Å². The third kappa shape index (κ3) is 4.88. The molecule has 3 aromatic heterocycles. The Kier molecular flexibility index (Phi) is 6.94. The summed E-state index contributed by atoms with van der Waals surface area (Å²) in [6, 6.07) is 12.2. The molecule has 4 aromatic rings. The minimum Gasteiger partial charge on any atom is -0.361 e. The number of likely N-dealkylation sites (N-methyl/N-ethyl adjacent to an activating group) is 1. The molecule has 3 N–H and O–H groups in total. The second kappa shape index (κ2) is 10.0. The Balaban J connectivity index is 1.73. The molecule has 8 heteroatoms. The number of aryl methyl sites for hydroxylation is 2. The van der Waals surface area contributed by atoms with E-state index in [2.05, 4.69) is 32.6 Å². The molecule has 32 heavy (non-hydrogen) atoms. The molecule has 0 radical (unpaired) electrons. The number of para-hydroxylation sites is 1. The highest BCUT2D eigenvalue weighted by Gasteiger charge is 2.20. The first kappa shape index (κ1) is 22.1. The van der Waals surface area contributed by atoms with Crippen LogP contribution in [0.2, 0.25) is 0 Å². The Morgan fingerprint density at radius 1 is 1.03 bits per heavy atom. The van der Waals surface area contributed by atoms with Gasteiger partial charge in [0.05, 0.1) is 17.0 Å².